The fourth-order valence-electron chi connectivity index (χ4n) is 2.17. The Bertz CT molecular complexity index is 449. The van der Waals surface area contributed by atoms with Crippen LogP contribution in [0.2, 0.25) is 0 Å². The van der Waals surface area contributed by atoms with Crippen LogP contribution in [0.4, 0.5) is 11.4 Å². The molecule has 3 rings (SSSR count). The molecule has 84 valence electrons. The van der Waals surface area contributed by atoms with Crippen LogP contribution < -0.4 is 10.6 Å². The minimum atomic E-state index is -0.501. The van der Waals surface area contributed by atoms with Gasteiger partial charge in [0.2, 0.25) is 5.91 Å². The Morgan fingerprint density at radius 1 is 1.56 bits per heavy atom. The lowest BCUT2D eigenvalue weighted by Crippen LogP contribution is -2.44. The van der Waals surface area contributed by atoms with Crippen molar-refractivity contribution in [2.45, 2.75) is 13.0 Å². The highest BCUT2D eigenvalue weighted by Gasteiger charge is 2.48. The molecule has 1 saturated heterocycles. The highest BCUT2D eigenvalue weighted by Crippen LogP contribution is 2.37. The van der Waals surface area contributed by atoms with E-state index in [9.17, 15) is 4.79 Å². The summed E-state index contributed by atoms with van der Waals surface area (Å²) in [7, 11) is 0. The molecule has 1 amide bonds. The second-order valence-electron chi connectivity index (χ2n) is 4.50. The number of amides is 1. The van der Waals surface area contributed by atoms with Gasteiger partial charge in [0.15, 0.2) is 0 Å². The number of rotatable bonds is 0. The zero-order valence-electron chi connectivity index (χ0n) is 8.99. The molecule has 3 heterocycles. The van der Waals surface area contributed by atoms with Crippen molar-refractivity contribution < 1.29 is 9.53 Å². The van der Waals surface area contributed by atoms with Crippen LogP contribution in [0.25, 0.3) is 0 Å². The number of carbonyl (C=O) groups is 1. The van der Waals surface area contributed by atoms with Gasteiger partial charge in [-0.05, 0) is 13.0 Å². The smallest absolute Gasteiger partial charge is 0.234 e. The molecule has 0 aromatic carbocycles. The number of nitrogens with zero attached hydrogens (tertiary/aromatic N) is 1. The van der Waals surface area contributed by atoms with Gasteiger partial charge in [0, 0.05) is 6.20 Å². The molecule has 5 heteroatoms. The highest BCUT2D eigenvalue weighted by atomic mass is 16.5. The van der Waals surface area contributed by atoms with Gasteiger partial charge in [-0.25, -0.2) is 0 Å². The zero-order chi connectivity index (χ0) is 11.2. The predicted octanol–water partition coefficient (Wildman–Crippen LogP) is 0.851. The fraction of sp³-hybridized carbons (Fsp3) is 0.455. The molecule has 16 heavy (non-hydrogen) atoms. The number of hydrogen-bond acceptors (Lipinski definition) is 4. The average Bonchev–Trinajstić information content (AvgIpc) is 2.60. The van der Waals surface area contributed by atoms with Gasteiger partial charge in [-0.2, -0.15) is 0 Å². The number of hydrogen-bond donors (Lipinski definition) is 2. The Hall–Kier alpha value is -1.62. The van der Waals surface area contributed by atoms with Crippen molar-refractivity contribution >= 4 is 17.3 Å². The van der Waals surface area contributed by atoms with E-state index >= 15 is 0 Å². The van der Waals surface area contributed by atoms with Crippen LogP contribution in [0.1, 0.15) is 6.92 Å². The molecular weight excluding hydrogens is 206 g/mol. The Morgan fingerprint density at radius 3 is 3.31 bits per heavy atom. The Balaban J connectivity index is 2.06. The molecule has 2 N–H and O–H groups in total. The number of pyridine rings is 1. The van der Waals surface area contributed by atoms with Crippen molar-refractivity contribution in [3.8, 4) is 0 Å². The summed E-state index contributed by atoms with van der Waals surface area (Å²) in [6.45, 7) is 2.94. The summed E-state index contributed by atoms with van der Waals surface area (Å²) in [5.74, 6) is -0.00532. The Morgan fingerprint density at radius 2 is 2.44 bits per heavy atom. The lowest BCUT2D eigenvalue weighted by atomic mass is 9.84. The van der Waals surface area contributed by atoms with Crippen LogP contribution >= 0.6 is 0 Å². The van der Waals surface area contributed by atoms with E-state index in [0.717, 1.165) is 11.4 Å². The maximum atomic E-state index is 12.1. The number of nitrogens with one attached hydrogen (secondary N) is 2. The van der Waals surface area contributed by atoms with Crippen molar-refractivity contribution in [1.29, 1.82) is 0 Å². The molecule has 1 aromatic heterocycles. The van der Waals surface area contributed by atoms with E-state index in [0.29, 0.717) is 13.2 Å². The van der Waals surface area contributed by atoms with Gasteiger partial charge in [-0.15, -0.1) is 0 Å². The Kier molecular flexibility index (Phi) is 1.91. The van der Waals surface area contributed by atoms with Crippen LogP contribution in [0.5, 0.6) is 0 Å². The highest BCUT2D eigenvalue weighted by molar-refractivity contribution is 6.00. The predicted molar refractivity (Wildman–Crippen MR) is 59.2 cm³/mol. The number of carbonyl (C=O) groups excluding carboxylic acids is 1. The molecule has 0 aliphatic carbocycles. The molecular formula is C11H13N3O2. The topological polar surface area (TPSA) is 63.2 Å². The Labute approximate surface area is 93.2 Å². The molecule has 2 atom stereocenters. The second-order valence-corrected chi connectivity index (χ2v) is 4.50. The van der Waals surface area contributed by atoms with Crippen LogP contribution in [0.15, 0.2) is 18.5 Å². The number of ether oxygens (including phenoxy) is 1. The van der Waals surface area contributed by atoms with Gasteiger partial charge < -0.3 is 15.4 Å². The summed E-state index contributed by atoms with van der Waals surface area (Å²) >= 11 is 0. The minimum absolute atomic E-state index is 0.00532. The summed E-state index contributed by atoms with van der Waals surface area (Å²) < 4.78 is 5.40. The van der Waals surface area contributed by atoms with Gasteiger partial charge in [-0.3, -0.25) is 9.78 Å². The molecule has 1 aromatic rings. The van der Waals surface area contributed by atoms with Crippen LogP contribution in [-0.4, -0.2) is 30.1 Å². The van der Waals surface area contributed by atoms with Gasteiger partial charge in [0.1, 0.15) is 0 Å². The van der Waals surface area contributed by atoms with E-state index in [4.69, 9.17) is 4.74 Å². The number of fused-ring (bicyclic) bond motifs is 2. The van der Waals surface area contributed by atoms with E-state index in [-0.39, 0.29) is 11.9 Å². The molecule has 0 radical (unpaired) electrons. The van der Waals surface area contributed by atoms with E-state index < -0.39 is 5.41 Å². The first-order valence-corrected chi connectivity index (χ1v) is 5.30. The molecule has 5 nitrogen and oxygen atoms in total. The average molecular weight is 219 g/mol. The first kappa shape index (κ1) is 9.59. The third-order valence-electron chi connectivity index (χ3n) is 3.37. The van der Waals surface area contributed by atoms with Crippen molar-refractivity contribution in [2.75, 3.05) is 23.8 Å². The summed E-state index contributed by atoms with van der Waals surface area (Å²) in [4.78, 5) is 16.1. The summed E-state index contributed by atoms with van der Waals surface area (Å²) in [5.41, 5.74) is 1.14. The van der Waals surface area contributed by atoms with Gasteiger partial charge >= 0.3 is 0 Å². The lowest BCUT2D eigenvalue weighted by Gasteiger charge is -2.25. The third kappa shape index (κ3) is 1.21. The fourth-order valence-corrected chi connectivity index (χ4v) is 2.17. The van der Waals surface area contributed by atoms with Crippen molar-refractivity contribution in [1.82, 2.24) is 4.98 Å². The number of aromatic nitrogens is 1. The summed E-state index contributed by atoms with van der Waals surface area (Å²) in [6, 6.07) is 1.88. The van der Waals surface area contributed by atoms with Gasteiger partial charge in [-0.1, -0.05) is 0 Å². The molecule has 0 spiro atoms. The van der Waals surface area contributed by atoms with Crippen LogP contribution in [-0.2, 0) is 9.53 Å². The normalized spacial score (nSPS) is 32.1. The minimum Gasteiger partial charge on any atom is -0.378 e. The van der Waals surface area contributed by atoms with Gasteiger partial charge in [0.05, 0.1) is 42.2 Å². The SMILES string of the molecule is CC12COCC1Nc1ccncc1NC2=O. The maximum absolute atomic E-state index is 12.1. The first-order valence-electron chi connectivity index (χ1n) is 5.30. The summed E-state index contributed by atoms with van der Waals surface area (Å²) in [6.07, 6.45) is 3.36. The maximum Gasteiger partial charge on any atom is 0.234 e. The molecule has 0 saturated carbocycles. The lowest BCUT2D eigenvalue weighted by molar-refractivity contribution is -0.124. The van der Waals surface area contributed by atoms with E-state index in [1.807, 2.05) is 13.0 Å². The van der Waals surface area contributed by atoms with E-state index in [1.54, 1.807) is 12.4 Å². The van der Waals surface area contributed by atoms with E-state index in [1.165, 1.54) is 0 Å². The van der Waals surface area contributed by atoms with Crippen molar-refractivity contribution in [3.63, 3.8) is 0 Å². The second kappa shape index (κ2) is 3.18. The molecule has 0 bridgehead atoms. The monoisotopic (exact) mass is 219 g/mol. The standard InChI is InChI=1S/C11H13N3O2/c1-11-6-16-5-9(11)13-7-2-3-12-4-8(7)14-10(11)15/h2-4,9,13H,5-6H2,1H3,(H,14,15). The van der Waals surface area contributed by atoms with E-state index in [2.05, 4.69) is 15.6 Å². The molecule has 2 unspecified atom stereocenters. The van der Waals surface area contributed by atoms with Gasteiger partial charge in [0.25, 0.3) is 0 Å². The molecule has 2 aliphatic rings. The van der Waals surface area contributed by atoms with Crippen LogP contribution in [0.3, 0.4) is 0 Å². The quantitative estimate of drug-likeness (QED) is 0.679. The molecule has 1 fully saturated rings. The van der Waals surface area contributed by atoms with Crippen molar-refractivity contribution in [2.24, 2.45) is 5.41 Å². The molecule has 2 aliphatic heterocycles. The van der Waals surface area contributed by atoms with Crippen LogP contribution in [0, 0.1) is 5.41 Å². The summed E-state index contributed by atoms with van der Waals surface area (Å²) in [5, 5.41) is 6.23. The zero-order valence-corrected chi connectivity index (χ0v) is 8.99. The third-order valence-corrected chi connectivity index (χ3v) is 3.37. The first-order chi connectivity index (χ1) is 7.70. The number of anilines is 2. The van der Waals surface area contributed by atoms with Crippen molar-refractivity contribution in [3.05, 3.63) is 18.5 Å². The largest absolute Gasteiger partial charge is 0.378 e.